The highest BCUT2D eigenvalue weighted by molar-refractivity contribution is 5.95. The summed E-state index contributed by atoms with van der Waals surface area (Å²) in [5.74, 6) is 1.38. The summed E-state index contributed by atoms with van der Waals surface area (Å²) in [6, 6.07) is 12.0. The molecule has 2 aliphatic rings. The first-order valence-electron chi connectivity index (χ1n) is 9.14. The van der Waals surface area contributed by atoms with Gasteiger partial charge in [0.2, 0.25) is 11.9 Å². The lowest BCUT2D eigenvalue weighted by atomic mass is 10.0. The number of hydrogen-bond acceptors (Lipinski definition) is 4. The number of carbonyl (C=O) groups is 1. The summed E-state index contributed by atoms with van der Waals surface area (Å²) in [6.07, 6.45) is 3.86. The van der Waals surface area contributed by atoms with Crippen molar-refractivity contribution in [2.75, 3.05) is 29.4 Å². The van der Waals surface area contributed by atoms with Crippen LogP contribution in [0.4, 0.5) is 11.6 Å². The SMILES string of the molecule is Cc1cc(C[C@@H]2CC(=O)N(c3ccccc3)C2)nc(N2CCCC2)n1. The monoisotopic (exact) mass is 336 g/mol. The van der Waals surface area contributed by atoms with Gasteiger partial charge in [-0.2, -0.15) is 0 Å². The molecule has 0 unspecified atom stereocenters. The molecule has 5 heteroatoms. The molecule has 0 N–H and O–H groups in total. The Bertz CT molecular complexity index is 756. The van der Waals surface area contributed by atoms with Gasteiger partial charge in [-0.1, -0.05) is 18.2 Å². The zero-order valence-electron chi connectivity index (χ0n) is 14.7. The maximum absolute atomic E-state index is 12.4. The molecule has 2 aromatic rings. The van der Waals surface area contributed by atoms with Gasteiger partial charge in [0.25, 0.3) is 0 Å². The third-order valence-corrected chi connectivity index (χ3v) is 5.06. The second-order valence-corrected chi connectivity index (χ2v) is 7.11. The van der Waals surface area contributed by atoms with Gasteiger partial charge in [-0.25, -0.2) is 9.97 Å². The summed E-state index contributed by atoms with van der Waals surface area (Å²) in [5, 5.41) is 0. The summed E-state index contributed by atoms with van der Waals surface area (Å²) in [6.45, 7) is 4.89. The number of benzene rings is 1. The van der Waals surface area contributed by atoms with Crippen LogP contribution in [0.2, 0.25) is 0 Å². The zero-order chi connectivity index (χ0) is 17.2. The molecule has 1 amide bonds. The highest BCUT2D eigenvalue weighted by Crippen LogP contribution is 2.27. The van der Waals surface area contributed by atoms with Crippen molar-refractivity contribution in [1.29, 1.82) is 0 Å². The third-order valence-electron chi connectivity index (χ3n) is 5.06. The van der Waals surface area contributed by atoms with Gasteiger partial charge >= 0.3 is 0 Å². The average molecular weight is 336 g/mol. The molecule has 0 saturated carbocycles. The topological polar surface area (TPSA) is 49.3 Å². The molecule has 0 radical (unpaired) electrons. The Morgan fingerprint density at radius 2 is 1.88 bits per heavy atom. The predicted molar refractivity (Wildman–Crippen MR) is 98.8 cm³/mol. The molecular weight excluding hydrogens is 312 g/mol. The van der Waals surface area contributed by atoms with Crippen molar-refractivity contribution in [2.45, 2.75) is 32.6 Å². The van der Waals surface area contributed by atoms with Crippen LogP contribution in [0.25, 0.3) is 0 Å². The van der Waals surface area contributed by atoms with Crippen LogP contribution < -0.4 is 9.80 Å². The number of nitrogens with zero attached hydrogens (tertiary/aromatic N) is 4. The number of para-hydroxylation sites is 1. The molecule has 1 atom stereocenters. The molecule has 2 aliphatic heterocycles. The molecule has 25 heavy (non-hydrogen) atoms. The van der Waals surface area contributed by atoms with Crippen molar-refractivity contribution in [3.8, 4) is 0 Å². The van der Waals surface area contributed by atoms with E-state index in [0.29, 0.717) is 12.3 Å². The number of hydrogen-bond donors (Lipinski definition) is 0. The molecule has 3 heterocycles. The van der Waals surface area contributed by atoms with E-state index in [1.165, 1.54) is 12.8 Å². The Morgan fingerprint density at radius 3 is 2.64 bits per heavy atom. The van der Waals surface area contributed by atoms with E-state index in [9.17, 15) is 4.79 Å². The van der Waals surface area contributed by atoms with Crippen LogP contribution in [0.3, 0.4) is 0 Å². The standard InChI is InChI=1S/C20H24N4O/c1-15-11-17(22-20(21-15)23-9-5-6-10-23)12-16-13-19(25)24(14-16)18-7-3-2-4-8-18/h2-4,7-8,11,16H,5-6,9-10,12-14H2,1H3/t16-/m1/s1. The van der Waals surface area contributed by atoms with Crippen molar-refractivity contribution in [2.24, 2.45) is 5.92 Å². The molecule has 2 saturated heterocycles. The smallest absolute Gasteiger partial charge is 0.227 e. The Kier molecular flexibility index (Phi) is 4.38. The molecule has 0 spiro atoms. The Morgan fingerprint density at radius 1 is 1.12 bits per heavy atom. The molecule has 130 valence electrons. The number of aromatic nitrogens is 2. The van der Waals surface area contributed by atoms with Gasteiger partial charge in [0.1, 0.15) is 0 Å². The van der Waals surface area contributed by atoms with Gasteiger partial charge in [0, 0.05) is 43.1 Å². The summed E-state index contributed by atoms with van der Waals surface area (Å²) in [5.41, 5.74) is 3.06. The van der Waals surface area contributed by atoms with Gasteiger partial charge in [-0.05, 0) is 50.3 Å². The molecule has 1 aromatic heterocycles. The minimum Gasteiger partial charge on any atom is -0.341 e. The Labute approximate surface area is 148 Å². The van der Waals surface area contributed by atoms with E-state index in [1.54, 1.807) is 0 Å². The summed E-state index contributed by atoms with van der Waals surface area (Å²) >= 11 is 0. The summed E-state index contributed by atoms with van der Waals surface area (Å²) in [4.78, 5) is 26.0. The van der Waals surface area contributed by atoms with Crippen molar-refractivity contribution in [3.63, 3.8) is 0 Å². The number of anilines is 2. The molecule has 4 rings (SSSR count). The quantitative estimate of drug-likeness (QED) is 0.861. The second-order valence-electron chi connectivity index (χ2n) is 7.11. The van der Waals surface area contributed by atoms with Gasteiger partial charge < -0.3 is 9.80 Å². The Hall–Kier alpha value is -2.43. The van der Waals surface area contributed by atoms with E-state index in [1.807, 2.05) is 42.2 Å². The number of amides is 1. The van der Waals surface area contributed by atoms with E-state index in [-0.39, 0.29) is 5.91 Å². The largest absolute Gasteiger partial charge is 0.341 e. The highest BCUT2D eigenvalue weighted by Gasteiger charge is 2.31. The van der Waals surface area contributed by atoms with Crippen LogP contribution in [0.1, 0.15) is 30.7 Å². The van der Waals surface area contributed by atoms with Crippen LogP contribution >= 0.6 is 0 Å². The number of rotatable bonds is 4. The Balaban J connectivity index is 1.48. The lowest BCUT2D eigenvalue weighted by molar-refractivity contribution is -0.117. The molecular formula is C20H24N4O. The second kappa shape index (κ2) is 6.82. The van der Waals surface area contributed by atoms with Crippen molar-refractivity contribution in [1.82, 2.24) is 9.97 Å². The minimum absolute atomic E-state index is 0.210. The number of aryl methyl sites for hydroxylation is 1. The lowest BCUT2D eigenvalue weighted by Crippen LogP contribution is -2.24. The van der Waals surface area contributed by atoms with Gasteiger partial charge in [0.15, 0.2) is 0 Å². The van der Waals surface area contributed by atoms with E-state index in [0.717, 1.165) is 49.1 Å². The summed E-state index contributed by atoms with van der Waals surface area (Å²) in [7, 11) is 0. The first kappa shape index (κ1) is 16.1. The van der Waals surface area contributed by atoms with Crippen LogP contribution in [-0.4, -0.2) is 35.5 Å². The van der Waals surface area contributed by atoms with Gasteiger partial charge in [-0.3, -0.25) is 4.79 Å². The van der Waals surface area contributed by atoms with E-state index in [4.69, 9.17) is 4.98 Å². The van der Waals surface area contributed by atoms with Crippen molar-refractivity contribution < 1.29 is 4.79 Å². The maximum atomic E-state index is 12.4. The predicted octanol–water partition coefficient (Wildman–Crippen LogP) is 2.98. The normalized spacial score (nSPS) is 20.5. The fourth-order valence-electron chi connectivity index (χ4n) is 3.85. The van der Waals surface area contributed by atoms with Crippen LogP contribution in [0.15, 0.2) is 36.4 Å². The third kappa shape index (κ3) is 3.50. The van der Waals surface area contributed by atoms with E-state index >= 15 is 0 Å². The fraction of sp³-hybridized carbons (Fsp3) is 0.450. The lowest BCUT2D eigenvalue weighted by Gasteiger charge is -2.18. The fourth-order valence-corrected chi connectivity index (χ4v) is 3.85. The molecule has 1 aromatic carbocycles. The van der Waals surface area contributed by atoms with Crippen LogP contribution in [0.5, 0.6) is 0 Å². The van der Waals surface area contributed by atoms with Crippen molar-refractivity contribution in [3.05, 3.63) is 47.8 Å². The minimum atomic E-state index is 0.210. The van der Waals surface area contributed by atoms with Gasteiger partial charge in [-0.15, -0.1) is 0 Å². The molecule has 2 fully saturated rings. The first-order chi connectivity index (χ1) is 12.2. The number of carbonyl (C=O) groups excluding carboxylic acids is 1. The summed E-state index contributed by atoms with van der Waals surface area (Å²) < 4.78 is 0. The van der Waals surface area contributed by atoms with E-state index in [2.05, 4.69) is 16.0 Å². The average Bonchev–Trinajstić information content (AvgIpc) is 3.25. The van der Waals surface area contributed by atoms with Crippen LogP contribution in [-0.2, 0) is 11.2 Å². The van der Waals surface area contributed by atoms with Crippen molar-refractivity contribution >= 4 is 17.5 Å². The van der Waals surface area contributed by atoms with Gasteiger partial charge in [0.05, 0.1) is 0 Å². The van der Waals surface area contributed by atoms with Crippen LogP contribution in [0, 0.1) is 12.8 Å². The highest BCUT2D eigenvalue weighted by atomic mass is 16.2. The molecule has 0 bridgehead atoms. The zero-order valence-corrected chi connectivity index (χ0v) is 14.7. The molecule has 5 nitrogen and oxygen atoms in total. The maximum Gasteiger partial charge on any atom is 0.227 e. The molecule has 0 aliphatic carbocycles. The first-order valence-corrected chi connectivity index (χ1v) is 9.14. The van der Waals surface area contributed by atoms with E-state index < -0.39 is 0 Å².